The second kappa shape index (κ2) is 15.7. The van der Waals surface area contributed by atoms with Crippen LogP contribution in [0.3, 0.4) is 0 Å². The molecule has 0 radical (unpaired) electrons. The Bertz CT molecular complexity index is 1540. The molecule has 0 saturated carbocycles. The van der Waals surface area contributed by atoms with Crippen molar-refractivity contribution < 1.29 is 24.3 Å². The zero-order valence-corrected chi connectivity index (χ0v) is 25.1. The van der Waals surface area contributed by atoms with Gasteiger partial charge < -0.3 is 36.8 Å². The third-order valence-electron chi connectivity index (χ3n) is 7.20. The number of hydrogen-bond acceptors (Lipinski definition) is 7. The Morgan fingerprint density at radius 2 is 1.55 bits per heavy atom. The number of carbonyl (C=O) groups is 4. The Balaban J connectivity index is 1.53. The molecule has 0 aliphatic carbocycles. The number of hydrogen-bond donors (Lipinski definition) is 7. The monoisotopic (exact) mass is 619 g/mol. The van der Waals surface area contributed by atoms with Gasteiger partial charge in [-0.3, -0.25) is 14.4 Å². The third-order valence-corrected chi connectivity index (χ3v) is 7.85. The standard InChI is InChI=1S/C31H37N7O5S/c1-44-12-11-25(36-28(39)23(32)15-21-17-33-18-35-21)29(40)37-26(14-20-16-34-24-10-6-5-9-22(20)24)30(41)38-27(31(42)43)13-19-7-3-2-4-8-19/h2-10,16-18,23,25-27,34H,11-15,32H2,1H3,(H,33,35)(H,36,39)(H,37,40)(H,38,41)(H,42,43). The highest BCUT2D eigenvalue weighted by atomic mass is 32.2. The van der Waals surface area contributed by atoms with Gasteiger partial charge in [0, 0.05) is 48.3 Å². The van der Waals surface area contributed by atoms with Gasteiger partial charge in [0.25, 0.3) is 0 Å². The van der Waals surface area contributed by atoms with Gasteiger partial charge in [-0.25, -0.2) is 9.78 Å². The minimum Gasteiger partial charge on any atom is -0.480 e. The van der Waals surface area contributed by atoms with Gasteiger partial charge in [0.2, 0.25) is 17.7 Å². The Hall–Kier alpha value is -4.62. The van der Waals surface area contributed by atoms with Crippen molar-refractivity contribution in [1.82, 2.24) is 30.9 Å². The van der Waals surface area contributed by atoms with Gasteiger partial charge in [-0.1, -0.05) is 48.5 Å². The van der Waals surface area contributed by atoms with Crippen LogP contribution in [0.5, 0.6) is 0 Å². The fraction of sp³-hybridized carbons (Fsp3) is 0.323. The second-order valence-electron chi connectivity index (χ2n) is 10.4. The average molecular weight is 620 g/mol. The molecule has 44 heavy (non-hydrogen) atoms. The van der Waals surface area contributed by atoms with Gasteiger partial charge in [-0.15, -0.1) is 0 Å². The van der Waals surface area contributed by atoms with Gasteiger partial charge in [0.1, 0.15) is 18.1 Å². The molecule has 13 heteroatoms. The van der Waals surface area contributed by atoms with E-state index in [1.54, 1.807) is 36.7 Å². The normalized spacial score (nSPS) is 13.9. The first-order valence-corrected chi connectivity index (χ1v) is 15.6. The number of aromatic amines is 2. The van der Waals surface area contributed by atoms with E-state index >= 15 is 0 Å². The van der Waals surface area contributed by atoms with Crippen LogP contribution >= 0.6 is 11.8 Å². The van der Waals surface area contributed by atoms with Crippen LogP contribution in [0.15, 0.2) is 73.3 Å². The van der Waals surface area contributed by atoms with Crippen molar-refractivity contribution in [3.63, 3.8) is 0 Å². The first-order chi connectivity index (χ1) is 21.2. The van der Waals surface area contributed by atoms with Crippen LogP contribution in [0, 0.1) is 0 Å². The van der Waals surface area contributed by atoms with Crippen molar-refractivity contribution in [2.45, 2.75) is 49.9 Å². The van der Waals surface area contributed by atoms with Crippen LogP contribution in [0.25, 0.3) is 10.9 Å². The predicted molar refractivity (Wildman–Crippen MR) is 169 cm³/mol. The van der Waals surface area contributed by atoms with E-state index in [0.717, 1.165) is 22.0 Å². The predicted octanol–water partition coefficient (Wildman–Crippen LogP) is 1.54. The summed E-state index contributed by atoms with van der Waals surface area (Å²) in [6.45, 7) is 0. The van der Waals surface area contributed by atoms with Crippen LogP contribution in [0.2, 0.25) is 0 Å². The molecule has 8 N–H and O–H groups in total. The van der Waals surface area contributed by atoms with Crippen molar-refractivity contribution in [2.75, 3.05) is 12.0 Å². The summed E-state index contributed by atoms with van der Waals surface area (Å²) in [5, 5.41) is 18.9. The summed E-state index contributed by atoms with van der Waals surface area (Å²) < 4.78 is 0. The van der Waals surface area contributed by atoms with E-state index in [1.807, 2.05) is 36.6 Å². The Morgan fingerprint density at radius 1 is 0.864 bits per heavy atom. The highest BCUT2D eigenvalue weighted by Crippen LogP contribution is 2.19. The van der Waals surface area contributed by atoms with Gasteiger partial charge in [0.05, 0.1) is 12.4 Å². The van der Waals surface area contributed by atoms with Gasteiger partial charge in [-0.05, 0) is 35.6 Å². The van der Waals surface area contributed by atoms with E-state index < -0.39 is 47.9 Å². The summed E-state index contributed by atoms with van der Waals surface area (Å²) in [4.78, 5) is 62.4. The number of benzene rings is 2. The maximum atomic E-state index is 13.7. The van der Waals surface area contributed by atoms with E-state index in [4.69, 9.17) is 5.73 Å². The Kier molecular flexibility index (Phi) is 11.5. The lowest BCUT2D eigenvalue weighted by Crippen LogP contribution is -2.58. The number of nitrogens with two attached hydrogens (primary N) is 1. The first kappa shape index (κ1) is 32.3. The summed E-state index contributed by atoms with van der Waals surface area (Å²) in [5.74, 6) is -2.39. The molecular formula is C31H37N7O5S. The van der Waals surface area contributed by atoms with E-state index in [2.05, 4.69) is 30.9 Å². The van der Waals surface area contributed by atoms with Crippen LogP contribution in [-0.4, -0.2) is 79.9 Å². The van der Waals surface area contributed by atoms with Crippen molar-refractivity contribution >= 4 is 46.4 Å². The molecule has 0 bridgehead atoms. The summed E-state index contributed by atoms with van der Waals surface area (Å²) in [5.41, 5.74) is 9.15. The maximum absolute atomic E-state index is 13.7. The molecule has 2 aromatic heterocycles. The van der Waals surface area contributed by atoms with Crippen molar-refractivity contribution in [2.24, 2.45) is 5.73 Å². The molecule has 0 aliphatic rings. The van der Waals surface area contributed by atoms with Gasteiger partial charge >= 0.3 is 5.97 Å². The number of rotatable bonds is 16. The topological polar surface area (TPSA) is 195 Å². The number of carbonyl (C=O) groups excluding carboxylic acids is 3. The number of amides is 3. The molecule has 12 nitrogen and oxygen atoms in total. The van der Waals surface area contributed by atoms with Crippen LogP contribution < -0.4 is 21.7 Å². The molecule has 0 aliphatic heterocycles. The molecule has 0 fully saturated rings. The molecule has 4 unspecified atom stereocenters. The lowest BCUT2D eigenvalue weighted by molar-refractivity contribution is -0.142. The van der Waals surface area contributed by atoms with Crippen molar-refractivity contribution in [1.29, 1.82) is 0 Å². The molecule has 3 amide bonds. The number of carboxylic acids is 1. The largest absolute Gasteiger partial charge is 0.480 e. The first-order valence-electron chi connectivity index (χ1n) is 14.2. The van der Waals surface area contributed by atoms with E-state index in [-0.39, 0.29) is 19.3 Å². The summed E-state index contributed by atoms with van der Waals surface area (Å²) in [6, 6.07) is 12.3. The van der Waals surface area contributed by atoms with Crippen LogP contribution in [-0.2, 0) is 38.4 Å². The third kappa shape index (κ3) is 8.94. The molecule has 2 aromatic carbocycles. The zero-order chi connectivity index (χ0) is 31.5. The Labute approximate surface area is 259 Å². The maximum Gasteiger partial charge on any atom is 0.326 e. The summed E-state index contributed by atoms with van der Waals surface area (Å²) in [7, 11) is 0. The number of aromatic nitrogens is 3. The Morgan fingerprint density at radius 3 is 2.25 bits per heavy atom. The molecule has 4 rings (SSSR count). The fourth-order valence-electron chi connectivity index (χ4n) is 4.83. The SMILES string of the molecule is CSCCC(NC(=O)C(N)Cc1cnc[nH]1)C(=O)NC(Cc1c[nH]c2ccccc12)C(=O)NC(Cc1ccccc1)C(=O)O. The smallest absolute Gasteiger partial charge is 0.326 e. The highest BCUT2D eigenvalue weighted by molar-refractivity contribution is 7.98. The summed E-state index contributed by atoms with van der Waals surface area (Å²) >= 11 is 1.51. The van der Waals surface area contributed by atoms with Gasteiger partial charge in [0.15, 0.2) is 0 Å². The molecule has 232 valence electrons. The minimum absolute atomic E-state index is 0.0658. The molecular weight excluding hydrogens is 582 g/mol. The number of nitrogens with zero attached hydrogens (tertiary/aromatic N) is 1. The van der Waals surface area contributed by atoms with Crippen LogP contribution in [0.4, 0.5) is 0 Å². The van der Waals surface area contributed by atoms with Gasteiger partial charge in [-0.2, -0.15) is 11.8 Å². The molecule has 4 aromatic rings. The second-order valence-corrected chi connectivity index (χ2v) is 11.4. The fourth-order valence-corrected chi connectivity index (χ4v) is 5.30. The number of H-pyrrole nitrogens is 2. The number of carboxylic acid groups (broad SMARTS) is 1. The van der Waals surface area contributed by atoms with E-state index in [0.29, 0.717) is 17.9 Å². The lowest BCUT2D eigenvalue weighted by atomic mass is 10.0. The number of thioether (sulfide) groups is 1. The number of para-hydroxylation sites is 1. The zero-order valence-electron chi connectivity index (χ0n) is 24.3. The number of fused-ring (bicyclic) bond motifs is 1. The van der Waals surface area contributed by atoms with Crippen LogP contribution in [0.1, 0.15) is 23.2 Å². The minimum atomic E-state index is -1.22. The molecule has 2 heterocycles. The van der Waals surface area contributed by atoms with Crippen molar-refractivity contribution in [3.05, 3.63) is 90.1 Å². The molecule has 4 atom stereocenters. The average Bonchev–Trinajstić information content (AvgIpc) is 3.69. The number of imidazole rings is 1. The van der Waals surface area contributed by atoms with E-state index in [1.165, 1.54) is 18.1 Å². The number of aliphatic carboxylic acids is 1. The number of nitrogens with one attached hydrogen (secondary N) is 5. The van der Waals surface area contributed by atoms with E-state index in [9.17, 15) is 24.3 Å². The van der Waals surface area contributed by atoms with Crippen molar-refractivity contribution in [3.8, 4) is 0 Å². The lowest BCUT2D eigenvalue weighted by Gasteiger charge is -2.25. The highest BCUT2D eigenvalue weighted by Gasteiger charge is 2.31. The quantitative estimate of drug-likeness (QED) is 0.0981. The summed E-state index contributed by atoms with van der Waals surface area (Å²) in [6.07, 6.45) is 7.35. The molecule has 0 saturated heterocycles. The molecule has 0 spiro atoms.